The van der Waals surface area contributed by atoms with Gasteiger partial charge in [0.15, 0.2) is 0 Å². The van der Waals surface area contributed by atoms with Crippen molar-refractivity contribution in [1.29, 1.82) is 0 Å². The van der Waals surface area contributed by atoms with Crippen LogP contribution in [0, 0.1) is 0 Å². The van der Waals surface area contributed by atoms with Gasteiger partial charge >= 0.3 is 11.7 Å². The molecule has 2 heterocycles. The van der Waals surface area contributed by atoms with Crippen LogP contribution in [0.15, 0.2) is 23.0 Å². The number of aliphatic carboxylic acids is 1. The Bertz CT molecular complexity index is 1050. The maximum absolute atomic E-state index is 13.0. The first-order valence-corrected chi connectivity index (χ1v) is 12.1. The number of aryl methyl sites for hydroxylation is 2. The molecule has 1 saturated heterocycles. The van der Waals surface area contributed by atoms with E-state index in [0.29, 0.717) is 6.42 Å². The average Bonchev–Trinajstić information content (AvgIpc) is 3.03. The summed E-state index contributed by atoms with van der Waals surface area (Å²) >= 11 is 0. The van der Waals surface area contributed by atoms with E-state index < -0.39 is 17.9 Å². The van der Waals surface area contributed by atoms with E-state index in [1.165, 1.54) is 23.8 Å². The van der Waals surface area contributed by atoms with Crippen LogP contribution in [0.1, 0.15) is 88.7 Å². The molecule has 0 saturated carbocycles. The largest absolute Gasteiger partial charge is 0.481 e. The third-order valence-electron chi connectivity index (χ3n) is 6.54. The fourth-order valence-corrected chi connectivity index (χ4v) is 4.78. The molecule has 1 fully saturated rings. The monoisotopic (exact) mass is 457 g/mol. The molecule has 8 nitrogen and oxygen atoms in total. The number of hydrogen-bond donors (Lipinski definition) is 2. The number of carbonyl (C=O) groups excluding carboxylic acids is 2. The molecule has 2 aromatic rings. The summed E-state index contributed by atoms with van der Waals surface area (Å²) in [5, 5.41) is 11.0. The van der Waals surface area contributed by atoms with E-state index in [1.807, 2.05) is 18.2 Å². The van der Waals surface area contributed by atoms with Gasteiger partial charge in [-0.1, -0.05) is 57.1 Å². The number of benzene rings is 1. The van der Waals surface area contributed by atoms with E-state index in [9.17, 15) is 19.2 Å². The van der Waals surface area contributed by atoms with Gasteiger partial charge in [0.25, 0.3) is 0 Å². The van der Waals surface area contributed by atoms with E-state index in [-0.39, 0.29) is 24.4 Å². The van der Waals surface area contributed by atoms with Crippen LogP contribution < -0.4 is 11.0 Å². The molecule has 8 heteroatoms. The number of para-hydroxylation sites is 1. The van der Waals surface area contributed by atoms with E-state index in [4.69, 9.17) is 5.11 Å². The lowest BCUT2D eigenvalue weighted by Crippen LogP contribution is -2.44. The van der Waals surface area contributed by atoms with Gasteiger partial charge in [-0.25, -0.2) is 4.79 Å². The smallest absolute Gasteiger partial charge is 0.329 e. The summed E-state index contributed by atoms with van der Waals surface area (Å²) in [7, 11) is 1.74. The number of hydrogen-bond acceptors (Lipinski definition) is 4. The Morgan fingerprint density at radius 3 is 2.27 bits per heavy atom. The molecular formula is C25H35N3O5. The van der Waals surface area contributed by atoms with Gasteiger partial charge in [-0.15, -0.1) is 0 Å². The van der Waals surface area contributed by atoms with Crippen molar-refractivity contribution < 1.29 is 19.5 Å². The molecule has 0 radical (unpaired) electrons. The Hall–Kier alpha value is -2.90. The van der Waals surface area contributed by atoms with Crippen LogP contribution >= 0.6 is 0 Å². The summed E-state index contributed by atoms with van der Waals surface area (Å²) in [6, 6.07) is 5.20. The molecule has 1 aromatic heterocycles. The molecule has 1 atom stereocenters. The molecule has 0 aliphatic carbocycles. The third kappa shape index (κ3) is 6.33. The Kier molecular flexibility index (Phi) is 8.86. The first-order chi connectivity index (χ1) is 15.9. The predicted molar refractivity (Wildman–Crippen MR) is 126 cm³/mol. The summed E-state index contributed by atoms with van der Waals surface area (Å²) in [4.78, 5) is 47.3. The number of unbranched alkanes of at least 4 members (excludes halogenated alkanes) is 8. The molecule has 1 unspecified atom stereocenters. The van der Waals surface area contributed by atoms with Crippen molar-refractivity contribution in [3.05, 3.63) is 34.2 Å². The number of fused-ring (bicyclic) bond motifs is 1. The zero-order valence-electron chi connectivity index (χ0n) is 19.5. The average molecular weight is 458 g/mol. The van der Waals surface area contributed by atoms with E-state index in [0.717, 1.165) is 61.5 Å². The topological polar surface area (TPSA) is 110 Å². The summed E-state index contributed by atoms with van der Waals surface area (Å²) in [6.07, 6.45) is 11.5. The van der Waals surface area contributed by atoms with Crippen LogP contribution in [-0.4, -0.2) is 32.0 Å². The lowest BCUT2D eigenvalue weighted by molar-refractivity contribution is -0.137. The van der Waals surface area contributed by atoms with Crippen LogP contribution in [0.4, 0.5) is 0 Å². The van der Waals surface area contributed by atoms with Crippen molar-refractivity contribution in [3.63, 3.8) is 0 Å². The molecule has 0 spiro atoms. The fourth-order valence-electron chi connectivity index (χ4n) is 4.78. The Morgan fingerprint density at radius 1 is 1.00 bits per heavy atom. The second-order valence-corrected chi connectivity index (χ2v) is 9.04. The SMILES string of the molecule is Cn1c(=O)n(C2CCC(=O)NC2=O)c2cccc(CCCCCCCCCCCC(=O)O)c21. The molecule has 33 heavy (non-hydrogen) atoms. The standard InChI is InChI=1S/C25H35N3O5/c1-27-23-18(12-9-7-5-3-2-4-6-8-10-15-22(30)31)13-11-14-19(23)28(25(27)33)20-16-17-21(29)26-24(20)32/h11,13-14,20H,2-10,12,15-17H2,1H3,(H,30,31)(H,26,29,32). The minimum absolute atomic E-state index is 0.227. The van der Waals surface area contributed by atoms with Crippen molar-refractivity contribution in [2.75, 3.05) is 0 Å². The number of carboxylic acid groups (broad SMARTS) is 1. The molecule has 180 valence electrons. The number of nitrogens with one attached hydrogen (secondary N) is 1. The number of nitrogens with zero attached hydrogens (tertiary/aromatic N) is 2. The summed E-state index contributed by atoms with van der Waals surface area (Å²) in [5.41, 5.74) is 2.50. The second kappa shape index (κ2) is 11.8. The lowest BCUT2D eigenvalue weighted by atomic mass is 10.0. The molecule has 3 rings (SSSR count). The van der Waals surface area contributed by atoms with Gasteiger partial charge in [0.05, 0.1) is 11.0 Å². The van der Waals surface area contributed by atoms with Crippen molar-refractivity contribution in [3.8, 4) is 0 Å². The van der Waals surface area contributed by atoms with Crippen molar-refractivity contribution >= 4 is 28.8 Å². The van der Waals surface area contributed by atoms with E-state index in [1.54, 1.807) is 11.6 Å². The number of imide groups is 1. The lowest BCUT2D eigenvalue weighted by Gasteiger charge is -2.21. The third-order valence-corrected chi connectivity index (χ3v) is 6.54. The zero-order chi connectivity index (χ0) is 23.8. The van der Waals surface area contributed by atoms with Gasteiger partial charge in [0.2, 0.25) is 11.8 Å². The maximum Gasteiger partial charge on any atom is 0.329 e. The van der Waals surface area contributed by atoms with E-state index >= 15 is 0 Å². The zero-order valence-corrected chi connectivity index (χ0v) is 19.5. The Morgan fingerprint density at radius 2 is 1.64 bits per heavy atom. The van der Waals surface area contributed by atoms with Crippen LogP contribution in [0.5, 0.6) is 0 Å². The van der Waals surface area contributed by atoms with Crippen molar-refractivity contribution in [2.45, 2.75) is 89.5 Å². The summed E-state index contributed by atoms with van der Waals surface area (Å²) in [6.45, 7) is 0. The Balaban J connectivity index is 1.51. The minimum atomic E-state index is -0.710. The van der Waals surface area contributed by atoms with Crippen LogP contribution in [0.25, 0.3) is 11.0 Å². The number of carboxylic acids is 1. The Labute approximate surface area is 194 Å². The number of carbonyl (C=O) groups is 3. The van der Waals surface area contributed by atoms with Crippen LogP contribution in [0.2, 0.25) is 0 Å². The van der Waals surface area contributed by atoms with Gasteiger partial charge < -0.3 is 5.11 Å². The van der Waals surface area contributed by atoms with Gasteiger partial charge in [0.1, 0.15) is 6.04 Å². The number of piperidine rings is 1. The van der Waals surface area contributed by atoms with Gasteiger partial charge in [-0.3, -0.25) is 28.8 Å². The molecule has 1 aliphatic heterocycles. The number of rotatable bonds is 13. The van der Waals surface area contributed by atoms with Crippen molar-refractivity contribution in [1.82, 2.24) is 14.5 Å². The summed E-state index contributed by atoms with van der Waals surface area (Å²) < 4.78 is 3.16. The molecule has 1 aromatic carbocycles. The number of amides is 2. The highest BCUT2D eigenvalue weighted by Crippen LogP contribution is 2.26. The van der Waals surface area contributed by atoms with Crippen molar-refractivity contribution in [2.24, 2.45) is 7.05 Å². The van der Waals surface area contributed by atoms with Crippen LogP contribution in [0.3, 0.4) is 0 Å². The highest BCUT2D eigenvalue weighted by atomic mass is 16.4. The molecular weight excluding hydrogens is 422 g/mol. The predicted octanol–water partition coefficient (Wildman–Crippen LogP) is 3.85. The molecule has 2 N–H and O–H groups in total. The minimum Gasteiger partial charge on any atom is -0.481 e. The number of aromatic nitrogens is 2. The highest BCUT2D eigenvalue weighted by Gasteiger charge is 2.31. The van der Waals surface area contributed by atoms with E-state index in [2.05, 4.69) is 5.32 Å². The maximum atomic E-state index is 13.0. The first kappa shape index (κ1) is 24.7. The van der Waals surface area contributed by atoms with Crippen LogP contribution in [-0.2, 0) is 27.9 Å². The molecule has 2 amide bonds. The molecule has 1 aliphatic rings. The first-order valence-electron chi connectivity index (χ1n) is 12.1. The quantitative estimate of drug-likeness (QED) is 0.351. The number of imidazole rings is 1. The second-order valence-electron chi connectivity index (χ2n) is 9.04. The fraction of sp³-hybridized carbons (Fsp3) is 0.600. The normalized spacial score (nSPS) is 16.3. The van der Waals surface area contributed by atoms with Gasteiger partial charge in [-0.2, -0.15) is 0 Å². The highest BCUT2D eigenvalue weighted by molar-refractivity contribution is 6.00. The molecule has 0 bridgehead atoms. The summed E-state index contributed by atoms with van der Waals surface area (Å²) in [5.74, 6) is -1.41. The van der Waals surface area contributed by atoms with Gasteiger partial charge in [0, 0.05) is 19.9 Å². The van der Waals surface area contributed by atoms with Gasteiger partial charge in [-0.05, 0) is 37.3 Å².